The SMILES string of the molecule is BrC1=C2c3ccccc3CC2Oc2ccccc21. The van der Waals surface area contributed by atoms with Gasteiger partial charge in [-0.1, -0.05) is 42.5 Å². The summed E-state index contributed by atoms with van der Waals surface area (Å²) in [5.41, 5.74) is 5.15. The summed E-state index contributed by atoms with van der Waals surface area (Å²) < 4.78 is 7.30. The van der Waals surface area contributed by atoms with Crippen molar-refractivity contribution < 1.29 is 4.74 Å². The molecule has 1 aliphatic heterocycles. The monoisotopic (exact) mass is 298 g/mol. The van der Waals surface area contributed by atoms with Gasteiger partial charge in [0, 0.05) is 22.0 Å². The molecular formula is C16H11BrO. The van der Waals surface area contributed by atoms with Crippen molar-refractivity contribution in [1.29, 1.82) is 0 Å². The largest absolute Gasteiger partial charge is 0.485 e. The van der Waals surface area contributed by atoms with Gasteiger partial charge in [0.2, 0.25) is 0 Å². The Kier molecular flexibility index (Phi) is 2.15. The molecule has 1 heterocycles. The molecule has 0 aromatic heterocycles. The summed E-state index contributed by atoms with van der Waals surface area (Å²) in [7, 11) is 0. The summed E-state index contributed by atoms with van der Waals surface area (Å²) >= 11 is 3.76. The fraction of sp³-hybridized carbons (Fsp3) is 0.125. The lowest BCUT2D eigenvalue weighted by Gasteiger charge is -2.25. The highest BCUT2D eigenvalue weighted by Crippen LogP contribution is 2.47. The van der Waals surface area contributed by atoms with Crippen molar-refractivity contribution in [3.63, 3.8) is 0 Å². The van der Waals surface area contributed by atoms with E-state index in [1.54, 1.807) is 0 Å². The van der Waals surface area contributed by atoms with E-state index >= 15 is 0 Å². The van der Waals surface area contributed by atoms with E-state index in [0.717, 1.165) is 17.7 Å². The molecule has 1 aliphatic carbocycles. The van der Waals surface area contributed by atoms with Crippen LogP contribution in [0.15, 0.2) is 48.5 Å². The van der Waals surface area contributed by atoms with Gasteiger partial charge in [-0.05, 0) is 33.1 Å². The maximum Gasteiger partial charge on any atom is 0.129 e. The number of hydrogen-bond acceptors (Lipinski definition) is 1. The van der Waals surface area contributed by atoms with E-state index in [1.165, 1.54) is 21.2 Å². The van der Waals surface area contributed by atoms with Crippen LogP contribution in [0, 0.1) is 0 Å². The van der Waals surface area contributed by atoms with Crippen LogP contribution in [0.2, 0.25) is 0 Å². The molecule has 0 saturated carbocycles. The Labute approximate surface area is 114 Å². The van der Waals surface area contributed by atoms with Crippen molar-refractivity contribution >= 4 is 26.0 Å². The maximum absolute atomic E-state index is 6.12. The van der Waals surface area contributed by atoms with E-state index in [2.05, 4.69) is 46.3 Å². The molecule has 2 aliphatic rings. The third-order valence-electron chi connectivity index (χ3n) is 3.66. The minimum absolute atomic E-state index is 0.159. The lowest BCUT2D eigenvalue weighted by molar-refractivity contribution is 0.262. The highest BCUT2D eigenvalue weighted by atomic mass is 79.9. The zero-order chi connectivity index (χ0) is 12.1. The summed E-state index contributed by atoms with van der Waals surface area (Å²) in [5, 5.41) is 0. The smallest absolute Gasteiger partial charge is 0.129 e. The van der Waals surface area contributed by atoms with Crippen LogP contribution in [0.5, 0.6) is 5.75 Å². The Morgan fingerprint density at radius 2 is 1.67 bits per heavy atom. The normalized spacial score (nSPS) is 19.9. The third kappa shape index (κ3) is 1.33. The molecule has 0 bridgehead atoms. The van der Waals surface area contributed by atoms with Crippen molar-refractivity contribution in [3.05, 3.63) is 65.2 Å². The number of para-hydroxylation sites is 1. The Morgan fingerprint density at radius 1 is 0.944 bits per heavy atom. The van der Waals surface area contributed by atoms with Gasteiger partial charge in [0.15, 0.2) is 0 Å². The van der Waals surface area contributed by atoms with E-state index in [9.17, 15) is 0 Å². The minimum Gasteiger partial charge on any atom is -0.485 e. The van der Waals surface area contributed by atoms with Crippen LogP contribution < -0.4 is 4.74 Å². The molecule has 88 valence electrons. The fourth-order valence-electron chi connectivity index (χ4n) is 2.85. The van der Waals surface area contributed by atoms with Crippen LogP contribution in [0.4, 0.5) is 0 Å². The fourth-order valence-corrected chi connectivity index (χ4v) is 3.64. The molecule has 0 N–H and O–H groups in total. The van der Waals surface area contributed by atoms with Crippen LogP contribution in [0.3, 0.4) is 0 Å². The van der Waals surface area contributed by atoms with Gasteiger partial charge < -0.3 is 4.74 Å². The molecule has 0 spiro atoms. The molecule has 2 aromatic carbocycles. The molecule has 18 heavy (non-hydrogen) atoms. The highest BCUT2D eigenvalue weighted by Gasteiger charge is 2.34. The van der Waals surface area contributed by atoms with Crippen molar-refractivity contribution in [2.75, 3.05) is 0 Å². The van der Waals surface area contributed by atoms with Crippen LogP contribution >= 0.6 is 15.9 Å². The zero-order valence-corrected chi connectivity index (χ0v) is 11.3. The van der Waals surface area contributed by atoms with Gasteiger partial charge in [0.05, 0.1) is 0 Å². The zero-order valence-electron chi connectivity index (χ0n) is 9.69. The first-order chi connectivity index (χ1) is 8.84. The first kappa shape index (κ1) is 10.4. The van der Waals surface area contributed by atoms with E-state index in [4.69, 9.17) is 4.74 Å². The third-order valence-corrected chi connectivity index (χ3v) is 4.52. The van der Waals surface area contributed by atoms with E-state index < -0.39 is 0 Å². The molecular weight excluding hydrogens is 288 g/mol. The average molecular weight is 299 g/mol. The Balaban J connectivity index is 1.99. The first-order valence-electron chi connectivity index (χ1n) is 6.08. The van der Waals surface area contributed by atoms with Crippen LogP contribution in [0.25, 0.3) is 10.1 Å². The molecule has 0 radical (unpaired) electrons. The number of fused-ring (bicyclic) bond motifs is 4. The number of benzene rings is 2. The summed E-state index contributed by atoms with van der Waals surface area (Å²) in [6.07, 6.45) is 1.13. The Bertz CT molecular complexity index is 672. The highest BCUT2D eigenvalue weighted by molar-refractivity contribution is 9.15. The predicted molar refractivity (Wildman–Crippen MR) is 76.7 cm³/mol. The average Bonchev–Trinajstić information content (AvgIpc) is 2.77. The van der Waals surface area contributed by atoms with E-state index in [-0.39, 0.29) is 6.10 Å². The number of ether oxygens (including phenoxy) is 1. The Morgan fingerprint density at radius 3 is 2.56 bits per heavy atom. The summed E-state index contributed by atoms with van der Waals surface area (Å²) in [6, 6.07) is 16.8. The van der Waals surface area contributed by atoms with Crippen molar-refractivity contribution in [2.24, 2.45) is 0 Å². The molecule has 2 aromatic rings. The van der Waals surface area contributed by atoms with E-state index in [0.29, 0.717) is 0 Å². The molecule has 0 amide bonds. The standard InChI is InChI=1S/C16H11BrO/c17-16-12-7-3-4-8-13(12)18-14-9-10-5-1-2-6-11(10)15(14)16/h1-8,14H,9H2. The van der Waals surface area contributed by atoms with Crippen molar-refractivity contribution in [3.8, 4) is 5.75 Å². The second-order valence-electron chi connectivity index (χ2n) is 4.69. The molecule has 4 rings (SSSR count). The second-order valence-corrected chi connectivity index (χ2v) is 5.48. The summed E-state index contributed by atoms with van der Waals surface area (Å²) in [6.45, 7) is 0. The molecule has 0 saturated heterocycles. The predicted octanol–water partition coefficient (Wildman–Crippen LogP) is 4.27. The quantitative estimate of drug-likeness (QED) is 0.706. The minimum atomic E-state index is 0.159. The number of hydrogen-bond donors (Lipinski definition) is 0. The molecule has 0 fully saturated rings. The topological polar surface area (TPSA) is 9.23 Å². The summed E-state index contributed by atoms with van der Waals surface area (Å²) in [5.74, 6) is 0.978. The van der Waals surface area contributed by atoms with Gasteiger partial charge in [-0.3, -0.25) is 0 Å². The van der Waals surface area contributed by atoms with Crippen LogP contribution in [0.1, 0.15) is 16.7 Å². The van der Waals surface area contributed by atoms with Gasteiger partial charge in [0.25, 0.3) is 0 Å². The molecule has 2 heteroatoms. The van der Waals surface area contributed by atoms with Crippen molar-refractivity contribution in [1.82, 2.24) is 0 Å². The first-order valence-corrected chi connectivity index (χ1v) is 6.88. The number of halogens is 1. The second kappa shape index (κ2) is 3.72. The number of rotatable bonds is 0. The summed E-state index contributed by atoms with van der Waals surface area (Å²) in [4.78, 5) is 0. The van der Waals surface area contributed by atoms with Gasteiger partial charge in [-0.15, -0.1) is 0 Å². The van der Waals surface area contributed by atoms with Gasteiger partial charge in [0.1, 0.15) is 11.9 Å². The van der Waals surface area contributed by atoms with Crippen LogP contribution in [-0.4, -0.2) is 6.10 Å². The lowest BCUT2D eigenvalue weighted by Crippen LogP contribution is -2.20. The van der Waals surface area contributed by atoms with Gasteiger partial charge in [-0.2, -0.15) is 0 Å². The lowest BCUT2D eigenvalue weighted by atomic mass is 10.0. The molecule has 1 nitrogen and oxygen atoms in total. The maximum atomic E-state index is 6.12. The van der Waals surface area contributed by atoms with Crippen LogP contribution in [-0.2, 0) is 6.42 Å². The van der Waals surface area contributed by atoms with Crippen molar-refractivity contribution in [2.45, 2.75) is 12.5 Å². The Hall–Kier alpha value is -1.54. The molecule has 1 unspecified atom stereocenters. The molecule has 1 atom stereocenters. The van der Waals surface area contributed by atoms with Gasteiger partial charge in [-0.25, -0.2) is 0 Å². The van der Waals surface area contributed by atoms with Gasteiger partial charge >= 0.3 is 0 Å². The van der Waals surface area contributed by atoms with E-state index in [1.807, 2.05) is 18.2 Å².